The molecular weight excluding hydrogens is 294 g/mol. The van der Waals surface area contributed by atoms with Crippen LogP contribution in [-0.4, -0.2) is 0 Å². The standard InChI is InChI=1S/C14H14BrNS/c1-10-3-2-4-13(14(10)16)17-9-11-5-7-12(15)8-6-11/h2-8H,9,16H2,1H3. The Balaban J connectivity index is 2.07. The monoisotopic (exact) mass is 307 g/mol. The highest BCUT2D eigenvalue weighted by atomic mass is 79.9. The smallest absolute Gasteiger partial charge is 0.0482 e. The van der Waals surface area contributed by atoms with E-state index in [2.05, 4.69) is 52.3 Å². The second-order valence-corrected chi connectivity index (χ2v) is 5.83. The largest absolute Gasteiger partial charge is 0.398 e. The number of nitrogens with two attached hydrogens (primary N) is 1. The van der Waals surface area contributed by atoms with Gasteiger partial charge in [-0.1, -0.05) is 40.2 Å². The van der Waals surface area contributed by atoms with Crippen LogP contribution < -0.4 is 5.73 Å². The molecule has 0 aliphatic carbocycles. The molecule has 0 aliphatic rings. The Labute approximate surface area is 115 Å². The van der Waals surface area contributed by atoms with Crippen LogP contribution in [0.4, 0.5) is 5.69 Å². The van der Waals surface area contributed by atoms with Gasteiger partial charge in [0.2, 0.25) is 0 Å². The van der Waals surface area contributed by atoms with E-state index in [4.69, 9.17) is 5.73 Å². The van der Waals surface area contributed by atoms with Crippen molar-refractivity contribution in [2.24, 2.45) is 0 Å². The lowest BCUT2D eigenvalue weighted by Crippen LogP contribution is -1.92. The number of anilines is 1. The zero-order valence-corrected chi connectivity index (χ0v) is 12.0. The maximum absolute atomic E-state index is 6.04. The van der Waals surface area contributed by atoms with Gasteiger partial charge in [-0.25, -0.2) is 0 Å². The van der Waals surface area contributed by atoms with Gasteiger partial charge in [0.05, 0.1) is 0 Å². The second kappa shape index (κ2) is 5.61. The van der Waals surface area contributed by atoms with Gasteiger partial charge in [0.15, 0.2) is 0 Å². The highest BCUT2D eigenvalue weighted by molar-refractivity contribution is 9.10. The van der Waals surface area contributed by atoms with E-state index in [1.807, 2.05) is 13.0 Å². The zero-order chi connectivity index (χ0) is 12.3. The Morgan fingerprint density at radius 3 is 2.53 bits per heavy atom. The first kappa shape index (κ1) is 12.5. The fourth-order valence-electron chi connectivity index (χ4n) is 1.52. The molecule has 1 nitrogen and oxygen atoms in total. The number of rotatable bonds is 3. The number of benzene rings is 2. The van der Waals surface area contributed by atoms with E-state index in [0.717, 1.165) is 26.4 Å². The van der Waals surface area contributed by atoms with E-state index in [0.29, 0.717) is 0 Å². The number of halogens is 1. The molecule has 88 valence electrons. The second-order valence-electron chi connectivity index (χ2n) is 3.90. The normalized spacial score (nSPS) is 10.5. The zero-order valence-electron chi connectivity index (χ0n) is 9.61. The van der Waals surface area contributed by atoms with Crippen molar-refractivity contribution in [2.75, 3.05) is 5.73 Å². The van der Waals surface area contributed by atoms with E-state index in [1.165, 1.54) is 5.56 Å². The third kappa shape index (κ3) is 3.27. The predicted octanol–water partition coefficient (Wildman–Crippen LogP) is 4.63. The molecule has 0 unspecified atom stereocenters. The maximum atomic E-state index is 6.04. The fraction of sp³-hybridized carbons (Fsp3) is 0.143. The predicted molar refractivity (Wildman–Crippen MR) is 79.3 cm³/mol. The van der Waals surface area contributed by atoms with Gasteiger partial charge >= 0.3 is 0 Å². The van der Waals surface area contributed by atoms with E-state index in [9.17, 15) is 0 Å². The molecule has 17 heavy (non-hydrogen) atoms. The molecule has 0 radical (unpaired) electrons. The Bertz CT molecular complexity index is 508. The average molecular weight is 308 g/mol. The highest BCUT2D eigenvalue weighted by Gasteiger charge is 2.02. The summed E-state index contributed by atoms with van der Waals surface area (Å²) in [6.07, 6.45) is 0. The molecule has 0 amide bonds. The topological polar surface area (TPSA) is 26.0 Å². The number of hydrogen-bond donors (Lipinski definition) is 1. The third-order valence-corrected chi connectivity index (χ3v) is 4.27. The van der Waals surface area contributed by atoms with Gasteiger partial charge in [0.1, 0.15) is 0 Å². The first-order chi connectivity index (χ1) is 8.16. The summed E-state index contributed by atoms with van der Waals surface area (Å²) in [5, 5.41) is 0. The van der Waals surface area contributed by atoms with Crippen LogP contribution in [0.2, 0.25) is 0 Å². The fourth-order valence-corrected chi connectivity index (χ4v) is 2.79. The summed E-state index contributed by atoms with van der Waals surface area (Å²) in [5.41, 5.74) is 9.39. The molecule has 2 aromatic rings. The van der Waals surface area contributed by atoms with E-state index in [-0.39, 0.29) is 0 Å². The third-order valence-electron chi connectivity index (χ3n) is 2.59. The molecule has 3 heteroatoms. The maximum Gasteiger partial charge on any atom is 0.0482 e. The van der Waals surface area contributed by atoms with Crippen LogP contribution in [0.15, 0.2) is 51.8 Å². The molecule has 2 N–H and O–H groups in total. The van der Waals surface area contributed by atoms with Crippen LogP contribution in [-0.2, 0) is 5.75 Å². The van der Waals surface area contributed by atoms with Crippen LogP contribution in [0.1, 0.15) is 11.1 Å². The van der Waals surface area contributed by atoms with Crippen molar-refractivity contribution in [3.63, 3.8) is 0 Å². The lowest BCUT2D eigenvalue weighted by atomic mass is 10.2. The summed E-state index contributed by atoms with van der Waals surface area (Å²) in [6, 6.07) is 14.6. The van der Waals surface area contributed by atoms with Crippen LogP contribution in [0.5, 0.6) is 0 Å². The van der Waals surface area contributed by atoms with Crippen LogP contribution in [0, 0.1) is 6.92 Å². The minimum absolute atomic E-state index is 0.898. The molecule has 0 aromatic heterocycles. The van der Waals surface area contributed by atoms with Crippen LogP contribution >= 0.6 is 27.7 Å². The Kier molecular flexibility index (Phi) is 4.13. The SMILES string of the molecule is Cc1cccc(SCc2ccc(Br)cc2)c1N. The Morgan fingerprint density at radius 1 is 1.12 bits per heavy atom. The molecule has 2 rings (SSSR count). The minimum Gasteiger partial charge on any atom is -0.398 e. The summed E-state index contributed by atoms with van der Waals surface area (Å²) in [6.45, 7) is 2.04. The van der Waals surface area contributed by atoms with E-state index in [1.54, 1.807) is 11.8 Å². The van der Waals surface area contributed by atoms with Crippen LogP contribution in [0.3, 0.4) is 0 Å². The highest BCUT2D eigenvalue weighted by Crippen LogP contribution is 2.30. The molecule has 0 heterocycles. The first-order valence-electron chi connectivity index (χ1n) is 5.39. The van der Waals surface area contributed by atoms with Gasteiger partial charge in [-0.05, 0) is 36.2 Å². The number of para-hydroxylation sites is 1. The van der Waals surface area contributed by atoms with E-state index < -0.39 is 0 Å². The minimum atomic E-state index is 0.898. The lowest BCUT2D eigenvalue weighted by molar-refractivity contribution is 1.34. The number of aryl methyl sites for hydroxylation is 1. The van der Waals surface area contributed by atoms with Crippen molar-refractivity contribution in [3.05, 3.63) is 58.1 Å². The quantitative estimate of drug-likeness (QED) is 0.661. The molecule has 2 aromatic carbocycles. The van der Waals surface area contributed by atoms with Crippen molar-refractivity contribution in [1.82, 2.24) is 0 Å². The van der Waals surface area contributed by atoms with Crippen molar-refractivity contribution in [1.29, 1.82) is 0 Å². The summed E-state index contributed by atoms with van der Waals surface area (Å²) >= 11 is 5.22. The van der Waals surface area contributed by atoms with Gasteiger partial charge in [-0.15, -0.1) is 11.8 Å². The molecule has 0 saturated heterocycles. The van der Waals surface area contributed by atoms with E-state index >= 15 is 0 Å². The van der Waals surface area contributed by atoms with Crippen molar-refractivity contribution >= 4 is 33.4 Å². The molecular formula is C14H14BrNS. The molecule has 0 saturated carbocycles. The van der Waals surface area contributed by atoms with Gasteiger partial charge < -0.3 is 5.73 Å². The molecule has 0 bridgehead atoms. The number of hydrogen-bond acceptors (Lipinski definition) is 2. The Morgan fingerprint density at radius 2 is 1.82 bits per heavy atom. The van der Waals surface area contributed by atoms with Gasteiger partial charge in [0.25, 0.3) is 0 Å². The number of nitrogen functional groups attached to an aromatic ring is 1. The molecule has 0 spiro atoms. The molecule has 0 atom stereocenters. The summed E-state index contributed by atoms with van der Waals surface area (Å²) in [4.78, 5) is 1.16. The van der Waals surface area contributed by atoms with Gasteiger partial charge in [-0.3, -0.25) is 0 Å². The summed E-state index contributed by atoms with van der Waals surface area (Å²) < 4.78 is 1.11. The molecule has 0 fully saturated rings. The van der Waals surface area contributed by atoms with Crippen LogP contribution in [0.25, 0.3) is 0 Å². The van der Waals surface area contributed by atoms with Gasteiger partial charge in [-0.2, -0.15) is 0 Å². The van der Waals surface area contributed by atoms with Crippen molar-refractivity contribution in [2.45, 2.75) is 17.6 Å². The summed E-state index contributed by atoms with van der Waals surface area (Å²) in [5.74, 6) is 0.945. The average Bonchev–Trinajstić information content (AvgIpc) is 2.33. The number of thioether (sulfide) groups is 1. The molecule has 0 aliphatic heterocycles. The first-order valence-corrected chi connectivity index (χ1v) is 7.17. The van der Waals surface area contributed by atoms with Crippen molar-refractivity contribution < 1.29 is 0 Å². The van der Waals surface area contributed by atoms with Crippen molar-refractivity contribution in [3.8, 4) is 0 Å². The van der Waals surface area contributed by atoms with Gasteiger partial charge in [0, 0.05) is 20.8 Å². The Hall–Kier alpha value is -0.930. The summed E-state index contributed by atoms with van der Waals surface area (Å²) in [7, 11) is 0. The lowest BCUT2D eigenvalue weighted by Gasteiger charge is -2.07.